The first-order chi connectivity index (χ1) is 14.8. The molecule has 5 nitrogen and oxygen atoms in total. The molecule has 2 aromatic carbocycles. The third-order valence-corrected chi connectivity index (χ3v) is 5.74. The van der Waals surface area contributed by atoms with E-state index in [1.54, 1.807) is 19.2 Å². The Morgan fingerprint density at radius 3 is 2.19 bits per heavy atom. The molecule has 0 saturated heterocycles. The molecule has 0 atom stereocenters. The van der Waals surface area contributed by atoms with E-state index in [2.05, 4.69) is 15.0 Å². The molecule has 0 aliphatic rings. The SMILES string of the molecule is CNCCN(C)Cc1nc(-c2ccc(OC(F)(F)F)cc2)sc1-c1ccc(OC)cc1. The highest BCUT2D eigenvalue weighted by Crippen LogP contribution is 2.37. The fraction of sp³-hybridized carbons (Fsp3) is 0.318. The third-order valence-electron chi connectivity index (χ3n) is 4.55. The Kier molecular flexibility index (Phi) is 7.53. The monoisotopic (exact) mass is 451 g/mol. The van der Waals surface area contributed by atoms with Gasteiger partial charge in [0.05, 0.1) is 17.7 Å². The molecule has 9 heteroatoms. The molecule has 1 N–H and O–H groups in total. The van der Waals surface area contributed by atoms with Gasteiger partial charge in [-0.2, -0.15) is 0 Å². The number of rotatable bonds is 9. The minimum absolute atomic E-state index is 0.254. The summed E-state index contributed by atoms with van der Waals surface area (Å²) in [6.07, 6.45) is -4.71. The zero-order valence-corrected chi connectivity index (χ0v) is 18.3. The summed E-state index contributed by atoms with van der Waals surface area (Å²) in [5.74, 6) is 0.511. The molecule has 31 heavy (non-hydrogen) atoms. The van der Waals surface area contributed by atoms with E-state index >= 15 is 0 Å². The first kappa shape index (κ1) is 23.1. The lowest BCUT2D eigenvalue weighted by Gasteiger charge is -2.15. The van der Waals surface area contributed by atoms with Crippen LogP contribution in [0.2, 0.25) is 0 Å². The van der Waals surface area contributed by atoms with E-state index in [1.165, 1.54) is 23.5 Å². The number of halogens is 3. The first-order valence-corrected chi connectivity index (χ1v) is 10.4. The van der Waals surface area contributed by atoms with E-state index in [-0.39, 0.29) is 5.75 Å². The normalized spacial score (nSPS) is 11.7. The van der Waals surface area contributed by atoms with E-state index < -0.39 is 6.36 Å². The fourth-order valence-electron chi connectivity index (χ4n) is 2.99. The highest BCUT2D eigenvalue weighted by Gasteiger charge is 2.31. The van der Waals surface area contributed by atoms with E-state index in [4.69, 9.17) is 9.72 Å². The lowest BCUT2D eigenvalue weighted by molar-refractivity contribution is -0.274. The van der Waals surface area contributed by atoms with Crippen molar-refractivity contribution >= 4 is 11.3 Å². The predicted molar refractivity (Wildman–Crippen MR) is 116 cm³/mol. The lowest BCUT2D eigenvalue weighted by Crippen LogP contribution is -2.27. The molecule has 3 aromatic rings. The Morgan fingerprint density at radius 2 is 1.61 bits per heavy atom. The number of thiazole rings is 1. The number of hydrogen-bond acceptors (Lipinski definition) is 6. The summed E-state index contributed by atoms with van der Waals surface area (Å²) < 4.78 is 46.5. The number of hydrogen-bond donors (Lipinski definition) is 1. The minimum atomic E-state index is -4.71. The van der Waals surface area contributed by atoms with Gasteiger partial charge in [-0.1, -0.05) is 0 Å². The fourth-order valence-corrected chi connectivity index (χ4v) is 4.07. The van der Waals surface area contributed by atoms with Gasteiger partial charge >= 0.3 is 6.36 Å². The topological polar surface area (TPSA) is 46.6 Å². The van der Waals surface area contributed by atoms with Crippen LogP contribution in [0.4, 0.5) is 13.2 Å². The van der Waals surface area contributed by atoms with Crippen LogP contribution >= 0.6 is 11.3 Å². The van der Waals surface area contributed by atoms with E-state index in [9.17, 15) is 13.2 Å². The molecule has 0 radical (unpaired) electrons. The van der Waals surface area contributed by atoms with Crippen molar-refractivity contribution in [2.45, 2.75) is 12.9 Å². The molecule has 0 amide bonds. The molecule has 0 fully saturated rings. The summed E-state index contributed by atoms with van der Waals surface area (Å²) in [4.78, 5) is 8.00. The van der Waals surface area contributed by atoms with Crippen LogP contribution in [0, 0.1) is 0 Å². The van der Waals surface area contributed by atoms with Gasteiger partial charge in [-0.15, -0.1) is 24.5 Å². The molecule has 1 aromatic heterocycles. The van der Waals surface area contributed by atoms with Gasteiger partial charge in [0.1, 0.15) is 16.5 Å². The van der Waals surface area contributed by atoms with Gasteiger partial charge in [0, 0.05) is 25.2 Å². The summed E-state index contributed by atoms with van der Waals surface area (Å²) in [5.41, 5.74) is 2.66. The number of nitrogens with zero attached hydrogens (tertiary/aromatic N) is 2. The smallest absolute Gasteiger partial charge is 0.497 e. The third kappa shape index (κ3) is 6.43. The Hall–Kier alpha value is -2.62. The van der Waals surface area contributed by atoms with Gasteiger partial charge in [-0.25, -0.2) is 4.98 Å². The molecule has 0 aliphatic heterocycles. The van der Waals surface area contributed by atoms with E-state index in [0.717, 1.165) is 45.5 Å². The molecule has 0 unspecified atom stereocenters. The van der Waals surface area contributed by atoms with E-state index in [0.29, 0.717) is 6.54 Å². The highest BCUT2D eigenvalue weighted by molar-refractivity contribution is 7.18. The summed E-state index contributed by atoms with van der Waals surface area (Å²) in [6.45, 7) is 2.36. The average molecular weight is 452 g/mol. The maximum absolute atomic E-state index is 12.4. The zero-order valence-electron chi connectivity index (χ0n) is 17.5. The quantitative estimate of drug-likeness (QED) is 0.494. The molecule has 3 rings (SSSR count). The lowest BCUT2D eigenvalue weighted by atomic mass is 10.1. The van der Waals surface area contributed by atoms with Crippen LogP contribution < -0.4 is 14.8 Å². The van der Waals surface area contributed by atoms with Gasteiger partial charge in [0.2, 0.25) is 0 Å². The second-order valence-corrected chi connectivity index (χ2v) is 7.94. The summed E-state index contributed by atoms with van der Waals surface area (Å²) >= 11 is 1.51. The Balaban J connectivity index is 1.91. The van der Waals surface area contributed by atoms with Gasteiger partial charge in [0.15, 0.2) is 0 Å². The van der Waals surface area contributed by atoms with Gasteiger partial charge < -0.3 is 14.8 Å². The minimum Gasteiger partial charge on any atom is -0.497 e. The summed E-state index contributed by atoms with van der Waals surface area (Å²) in [6, 6.07) is 13.5. The molecule has 166 valence electrons. The first-order valence-electron chi connectivity index (χ1n) is 9.62. The molecular formula is C22H24F3N3O2S. The number of aromatic nitrogens is 1. The second-order valence-electron chi connectivity index (χ2n) is 6.94. The van der Waals surface area contributed by atoms with Crippen LogP contribution in [-0.4, -0.2) is 50.5 Å². The molecule has 0 saturated carbocycles. The van der Waals surface area contributed by atoms with Crippen LogP contribution in [-0.2, 0) is 6.54 Å². The van der Waals surface area contributed by atoms with Gasteiger partial charge in [0.25, 0.3) is 0 Å². The van der Waals surface area contributed by atoms with Crippen molar-refractivity contribution in [1.29, 1.82) is 0 Å². The standard InChI is InChI=1S/C22H24F3N3O2S/c1-26-12-13-28(2)14-19-20(15-4-8-17(29-3)9-5-15)31-21(27-19)16-6-10-18(11-7-16)30-22(23,24)25/h4-11,26H,12-14H2,1-3H3. The van der Waals surface area contributed by atoms with Crippen molar-refractivity contribution in [3.05, 3.63) is 54.2 Å². The molecule has 0 bridgehead atoms. The number of alkyl halides is 3. The Morgan fingerprint density at radius 1 is 1.00 bits per heavy atom. The molecule has 0 aliphatic carbocycles. The molecule has 0 spiro atoms. The van der Waals surface area contributed by atoms with Crippen molar-refractivity contribution < 1.29 is 22.6 Å². The van der Waals surface area contributed by atoms with E-state index in [1.807, 2.05) is 38.4 Å². The van der Waals surface area contributed by atoms with Crippen LogP contribution in [0.25, 0.3) is 21.0 Å². The zero-order chi connectivity index (χ0) is 22.4. The number of methoxy groups -OCH3 is 1. The van der Waals surface area contributed by atoms with Crippen LogP contribution in [0.5, 0.6) is 11.5 Å². The van der Waals surface area contributed by atoms with Gasteiger partial charge in [-0.3, -0.25) is 4.90 Å². The summed E-state index contributed by atoms with van der Waals surface area (Å²) in [5, 5.41) is 3.87. The maximum atomic E-state index is 12.4. The molecule has 1 heterocycles. The average Bonchev–Trinajstić information content (AvgIpc) is 3.15. The Labute approximate surface area is 183 Å². The van der Waals surface area contributed by atoms with Gasteiger partial charge in [-0.05, 0) is 68.2 Å². The highest BCUT2D eigenvalue weighted by atomic mass is 32.1. The predicted octanol–water partition coefficient (Wildman–Crippen LogP) is 5.04. The maximum Gasteiger partial charge on any atom is 0.573 e. The van der Waals surface area contributed by atoms with Crippen LogP contribution in [0.1, 0.15) is 5.69 Å². The van der Waals surface area contributed by atoms with Crippen LogP contribution in [0.3, 0.4) is 0 Å². The number of benzene rings is 2. The number of ether oxygens (including phenoxy) is 2. The summed E-state index contributed by atoms with van der Waals surface area (Å²) in [7, 11) is 5.55. The molecular weight excluding hydrogens is 427 g/mol. The van der Waals surface area contributed by atoms with Crippen molar-refractivity contribution in [1.82, 2.24) is 15.2 Å². The van der Waals surface area contributed by atoms with Crippen molar-refractivity contribution in [2.24, 2.45) is 0 Å². The Bertz CT molecular complexity index is 973. The van der Waals surface area contributed by atoms with Crippen molar-refractivity contribution in [3.8, 4) is 32.5 Å². The number of nitrogens with one attached hydrogen (secondary N) is 1. The van der Waals surface area contributed by atoms with Crippen molar-refractivity contribution in [2.75, 3.05) is 34.3 Å². The number of likely N-dealkylation sites (N-methyl/N-ethyl adjacent to an activating group) is 2. The van der Waals surface area contributed by atoms with Crippen LogP contribution in [0.15, 0.2) is 48.5 Å². The second kappa shape index (κ2) is 10.1. The largest absolute Gasteiger partial charge is 0.573 e. The van der Waals surface area contributed by atoms with Crippen molar-refractivity contribution in [3.63, 3.8) is 0 Å².